The molecule has 0 amide bonds. The number of ether oxygens (including phenoxy) is 3. The molecule has 48 heavy (non-hydrogen) atoms. The number of Topliss-reactive ketones (excluding diaryl/α,β-unsaturated/α-hetero) is 1. The van der Waals surface area contributed by atoms with Gasteiger partial charge in [0.25, 0.3) is 10.1 Å². The Morgan fingerprint density at radius 3 is 2.44 bits per heavy atom. The van der Waals surface area contributed by atoms with Crippen molar-refractivity contribution < 1.29 is 41.5 Å². The number of carbonyl (C=O) groups excluding carboxylic acids is 2. The van der Waals surface area contributed by atoms with Crippen molar-refractivity contribution in [1.29, 1.82) is 0 Å². The van der Waals surface area contributed by atoms with Gasteiger partial charge >= 0.3 is 5.97 Å². The number of aliphatic hydroxyl groups excluding tert-OH is 1. The molecule has 1 aromatic heterocycles. The number of ketones is 1. The second kappa shape index (κ2) is 11.4. The molecule has 4 fully saturated rings. The Labute approximate surface area is 283 Å². The van der Waals surface area contributed by atoms with E-state index in [1.54, 1.807) is 18.5 Å². The van der Waals surface area contributed by atoms with Crippen molar-refractivity contribution in [2.24, 2.45) is 40.4 Å². The number of hydrogen-bond donors (Lipinski definition) is 1. The topological polar surface area (TPSA) is 155 Å². The molecule has 11 atom stereocenters. The summed E-state index contributed by atoms with van der Waals surface area (Å²) in [4.78, 5) is 36.6. The van der Waals surface area contributed by atoms with Gasteiger partial charge in [-0.05, 0) is 101 Å². The minimum absolute atomic E-state index is 0.0140. The Morgan fingerprint density at radius 1 is 1.08 bits per heavy atom. The van der Waals surface area contributed by atoms with Crippen LogP contribution in [-0.4, -0.2) is 78.1 Å². The third-order valence-corrected chi connectivity index (χ3v) is 13.7. The van der Waals surface area contributed by atoms with Crippen LogP contribution in [0.15, 0.2) is 29.6 Å². The zero-order chi connectivity index (χ0) is 34.6. The Hall–Kier alpha value is -2.67. The zero-order valence-electron chi connectivity index (χ0n) is 28.9. The molecule has 12 heteroatoms. The van der Waals surface area contributed by atoms with E-state index in [1.807, 2.05) is 27.7 Å². The van der Waals surface area contributed by atoms with Gasteiger partial charge in [0.05, 0.1) is 54.0 Å². The molecule has 262 valence electrons. The molecular weight excluding hydrogens is 636 g/mol. The number of rotatable bonds is 8. The van der Waals surface area contributed by atoms with Crippen LogP contribution >= 0.6 is 0 Å². The molecule has 1 spiro atoms. The monoisotopic (exact) mass is 684 g/mol. The molecule has 4 aliphatic carbocycles. The quantitative estimate of drug-likeness (QED) is 0.235. The molecule has 0 radical (unpaired) electrons. The number of cyclic esters (lactones) is 1. The third-order valence-electron chi connectivity index (χ3n) is 13.2. The van der Waals surface area contributed by atoms with E-state index < -0.39 is 33.2 Å². The lowest BCUT2D eigenvalue weighted by Gasteiger charge is -2.58. The van der Waals surface area contributed by atoms with Gasteiger partial charge in [0.2, 0.25) is 0 Å². The smallest absolute Gasteiger partial charge is 0.336 e. The van der Waals surface area contributed by atoms with Gasteiger partial charge in [0.15, 0.2) is 17.4 Å². The van der Waals surface area contributed by atoms with Crippen LogP contribution in [0.3, 0.4) is 0 Å². The summed E-state index contributed by atoms with van der Waals surface area (Å²) in [5, 5.41) is 11.6. The molecule has 0 bridgehead atoms. The van der Waals surface area contributed by atoms with E-state index >= 15 is 0 Å². The van der Waals surface area contributed by atoms with Gasteiger partial charge in [-0.2, -0.15) is 8.42 Å². The summed E-state index contributed by atoms with van der Waals surface area (Å²) < 4.78 is 46.1. The SMILES string of the molecule is CC1=C(COS(C)(=O)=O)C(=O)OC([C@@H](C)[C@H]2CC[C@H]3[C@@H]4C[C@H]5O[C@]56[C@@H](O)C=C(c5ncc(OC(C)C)cn5)C(=O)[C@]6(C)[C@H]4CC[C@]23C)C1. The van der Waals surface area contributed by atoms with Gasteiger partial charge in [-0.25, -0.2) is 14.8 Å². The molecule has 3 heterocycles. The minimum Gasteiger partial charge on any atom is -0.488 e. The van der Waals surface area contributed by atoms with E-state index in [0.29, 0.717) is 35.4 Å². The van der Waals surface area contributed by atoms with E-state index in [1.165, 1.54) is 0 Å². The largest absolute Gasteiger partial charge is 0.488 e. The average Bonchev–Trinajstić information content (AvgIpc) is 3.65. The van der Waals surface area contributed by atoms with E-state index in [2.05, 4.69) is 23.8 Å². The molecule has 6 aliphatic rings. The zero-order valence-corrected chi connectivity index (χ0v) is 29.7. The Bertz CT molecular complexity index is 1690. The molecule has 0 aromatic carbocycles. The van der Waals surface area contributed by atoms with Crippen LogP contribution in [-0.2, 0) is 33.4 Å². The first-order chi connectivity index (χ1) is 22.5. The van der Waals surface area contributed by atoms with Crippen LogP contribution in [0.2, 0.25) is 0 Å². The van der Waals surface area contributed by atoms with E-state index in [9.17, 15) is 23.1 Å². The summed E-state index contributed by atoms with van der Waals surface area (Å²) in [6.07, 6.45) is 9.39. The number of aliphatic hydroxyl groups is 1. The molecule has 1 aromatic rings. The predicted molar refractivity (Wildman–Crippen MR) is 175 cm³/mol. The number of allylic oxidation sites excluding steroid dienone is 1. The number of aromatic nitrogens is 2. The summed E-state index contributed by atoms with van der Waals surface area (Å²) in [5.41, 5.74) is -0.427. The fraction of sp³-hybridized carbons (Fsp3) is 0.722. The van der Waals surface area contributed by atoms with Crippen LogP contribution in [0.4, 0.5) is 0 Å². The number of nitrogens with zero attached hydrogens (tertiary/aromatic N) is 2. The second-order valence-electron chi connectivity index (χ2n) is 15.9. The summed E-state index contributed by atoms with van der Waals surface area (Å²) in [6, 6.07) is 0. The lowest BCUT2D eigenvalue weighted by Crippen LogP contribution is -2.64. The highest BCUT2D eigenvalue weighted by Crippen LogP contribution is 2.73. The second-order valence-corrected chi connectivity index (χ2v) is 17.6. The van der Waals surface area contributed by atoms with E-state index in [-0.39, 0.29) is 59.4 Å². The molecule has 3 saturated carbocycles. The Kier molecular flexibility index (Phi) is 8.05. The molecule has 1 N–H and O–H groups in total. The number of fused-ring (bicyclic) bond motifs is 4. The molecular formula is C36H48N2O9S. The highest BCUT2D eigenvalue weighted by atomic mass is 32.2. The molecule has 2 aliphatic heterocycles. The molecule has 7 rings (SSSR count). The van der Waals surface area contributed by atoms with Gasteiger partial charge in [0.1, 0.15) is 17.8 Å². The number of esters is 1. The minimum atomic E-state index is -3.69. The number of hydrogen-bond acceptors (Lipinski definition) is 11. The van der Waals surface area contributed by atoms with Gasteiger partial charge in [0, 0.05) is 6.42 Å². The Balaban J connectivity index is 1.12. The first kappa shape index (κ1) is 33.8. The fourth-order valence-corrected chi connectivity index (χ4v) is 11.3. The lowest BCUT2D eigenvalue weighted by atomic mass is 9.43. The maximum atomic E-state index is 14.7. The maximum Gasteiger partial charge on any atom is 0.336 e. The molecule has 1 saturated heterocycles. The summed E-state index contributed by atoms with van der Waals surface area (Å²) in [7, 11) is -3.69. The van der Waals surface area contributed by atoms with Gasteiger partial charge in [-0.1, -0.05) is 19.4 Å². The van der Waals surface area contributed by atoms with Crippen LogP contribution < -0.4 is 4.74 Å². The summed E-state index contributed by atoms with van der Waals surface area (Å²) in [6.45, 7) is 12.0. The number of epoxide rings is 1. The van der Waals surface area contributed by atoms with Crippen LogP contribution in [0.1, 0.15) is 85.9 Å². The van der Waals surface area contributed by atoms with Crippen molar-refractivity contribution in [2.45, 2.75) is 110 Å². The van der Waals surface area contributed by atoms with Crippen LogP contribution in [0, 0.1) is 40.4 Å². The molecule has 11 nitrogen and oxygen atoms in total. The summed E-state index contributed by atoms with van der Waals surface area (Å²) in [5.74, 6) is 1.31. The van der Waals surface area contributed by atoms with Crippen molar-refractivity contribution in [3.8, 4) is 5.75 Å². The normalized spacial score (nSPS) is 41.1. The fourth-order valence-electron chi connectivity index (χ4n) is 10.9. The Morgan fingerprint density at radius 2 is 1.79 bits per heavy atom. The van der Waals surface area contributed by atoms with Gasteiger partial charge < -0.3 is 19.3 Å². The van der Waals surface area contributed by atoms with Crippen molar-refractivity contribution in [3.05, 3.63) is 35.4 Å². The van der Waals surface area contributed by atoms with Crippen molar-refractivity contribution >= 4 is 27.4 Å². The highest BCUT2D eigenvalue weighted by Gasteiger charge is 2.81. The summed E-state index contributed by atoms with van der Waals surface area (Å²) >= 11 is 0. The van der Waals surface area contributed by atoms with Gasteiger partial charge in [-0.3, -0.25) is 8.98 Å². The first-order valence-electron chi connectivity index (χ1n) is 17.4. The average molecular weight is 685 g/mol. The van der Waals surface area contributed by atoms with E-state index in [0.717, 1.165) is 43.9 Å². The number of carbonyl (C=O) groups is 2. The standard InChI is InChI=1S/C36H48N2O9S/c1-18(2)45-21-15-37-32(38-16-21)23-13-29(39)36-30(47-36)14-22-26-9-8-25(34(26,5)11-10-27(22)35(36,6)31(23)40)20(4)28-12-19(3)24(33(41)46-28)17-44-48(7,42)43/h13,15-16,18,20,22,25-30,39H,8-12,14,17H2,1-7H3/t20-,22-,25+,26-,27-,28?,29-,30+,34+,35-,36+/m0/s1. The van der Waals surface area contributed by atoms with Crippen molar-refractivity contribution in [3.63, 3.8) is 0 Å². The maximum absolute atomic E-state index is 14.7. The predicted octanol–water partition coefficient (Wildman–Crippen LogP) is 4.44. The third kappa shape index (κ3) is 5.02. The van der Waals surface area contributed by atoms with Crippen LogP contribution in [0.5, 0.6) is 5.75 Å². The van der Waals surface area contributed by atoms with Gasteiger partial charge in [-0.15, -0.1) is 0 Å². The lowest BCUT2D eigenvalue weighted by molar-refractivity contribution is -0.155. The van der Waals surface area contributed by atoms with E-state index in [4.69, 9.17) is 18.4 Å². The molecule has 1 unspecified atom stereocenters. The van der Waals surface area contributed by atoms with Crippen LogP contribution in [0.25, 0.3) is 5.57 Å². The van der Waals surface area contributed by atoms with Crippen molar-refractivity contribution in [2.75, 3.05) is 12.9 Å². The van der Waals surface area contributed by atoms with Crippen molar-refractivity contribution in [1.82, 2.24) is 9.97 Å². The highest BCUT2D eigenvalue weighted by molar-refractivity contribution is 7.86. The first-order valence-corrected chi connectivity index (χ1v) is 19.2.